The standard InChI is InChI=1S/C24H27N3O2/c28-23(19-5-6-19)26-15-13-25(14-16-26)22-9-7-20(8-10-22)24(29)27-12-11-18-3-1-2-4-21(18)17-27/h1-4,7-10,19H,5-6,11-17H2. The fourth-order valence-electron chi connectivity index (χ4n) is 4.44. The van der Waals surface area contributed by atoms with E-state index in [1.165, 1.54) is 11.1 Å². The molecule has 2 fully saturated rings. The van der Waals surface area contributed by atoms with E-state index in [1.54, 1.807) is 0 Å². The maximum Gasteiger partial charge on any atom is 0.254 e. The molecule has 0 unspecified atom stereocenters. The van der Waals surface area contributed by atoms with E-state index in [9.17, 15) is 9.59 Å². The van der Waals surface area contributed by atoms with E-state index >= 15 is 0 Å². The third-order valence-corrected chi connectivity index (χ3v) is 6.42. The van der Waals surface area contributed by atoms with Gasteiger partial charge in [0.15, 0.2) is 0 Å². The summed E-state index contributed by atoms with van der Waals surface area (Å²) < 4.78 is 0. The highest BCUT2D eigenvalue weighted by Crippen LogP contribution is 2.31. The summed E-state index contributed by atoms with van der Waals surface area (Å²) in [4.78, 5) is 31.4. The molecule has 5 heteroatoms. The Hall–Kier alpha value is -2.82. The molecule has 0 bridgehead atoms. The number of hydrogen-bond acceptors (Lipinski definition) is 3. The van der Waals surface area contributed by atoms with E-state index in [-0.39, 0.29) is 5.91 Å². The van der Waals surface area contributed by atoms with Crippen molar-refractivity contribution in [1.82, 2.24) is 9.80 Å². The number of fused-ring (bicyclic) bond motifs is 1. The fraction of sp³-hybridized carbons (Fsp3) is 0.417. The number of nitrogens with zero attached hydrogens (tertiary/aromatic N) is 3. The van der Waals surface area contributed by atoms with Gasteiger partial charge < -0.3 is 14.7 Å². The van der Waals surface area contributed by atoms with E-state index in [2.05, 4.69) is 23.1 Å². The van der Waals surface area contributed by atoms with E-state index in [0.717, 1.165) is 63.2 Å². The van der Waals surface area contributed by atoms with Gasteiger partial charge in [0, 0.05) is 56.4 Å². The third-order valence-electron chi connectivity index (χ3n) is 6.42. The monoisotopic (exact) mass is 389 g/mol. The minimum absolute atomic E-state index is 0.103. The van der Waals surface area contributed by atoms with Crippen molar-refractivity contribution in [3.8, 4) is 0 Å². The van der Waals surface area contributed by atoms with E-state index < -0.39 is 0 Å². The van der Waals surface area contributed by atoms with Crippen molar-refractivity contribution >= 4 is 17.5 Å². The van der Waals surface area contributed by atoms with Crippen LogP contribution in [-0.2, 0) is 17.8 Å². The quantitative estimate of drug-likeness (QED) is 0.811. The maximum atomic E-state index is 13.0. The second kappa shape index (κ2) is 7.54. The predicted molar refractivity (Wildman–Crippen MR) is 113 cm³/mol. The molecule has 0 radical (unpaired) electrons. The Bertz CT molecular complexity index is 912. The van der Waals surface area contributed by atoms with E-state index in [1.807, 2.05) is 40.1 Å². The Morgan fingerprint density at radius 2 is 1.45 bits per heavy atom. The van der Waals surface area contributed by atoms with Crippen LogP contribution in [-0.4, -0.2) is 54.3 Å². The lowest BCUT2D eigenvalue weighted by Gasteiger charge is -2.36. The molecule has 2 heterocycles. The average molecular weight is 389 g/mol. The normalized spacial score (nSPS) is 19.1. The lowest BCUT2D eigenvalue weighted by Crippen LogP contribution is -2.49. The van der Waals surface area contributed by atoms with Gasteiger partial charge in [-0.15, -0.1) is 0 Å². The smallest absolute Gasteiger partial charge is 0.254 e. The number of carbonyl (C=O) groups excluding carboxylic acids is 2. The van der Waals surface area contributed by atoms with Crippen LogP contribution < -0.4 is 4.90 Å². The molecule has 0 spiro atoms. The van der Waals surface area contributed by atoms with Gasteiger partial charge in [-0.3, -0.25) is 9.59 Å². The Balaban J connectivity index is 1.20. The van der Waals surface area contributed by atoms with Gasteiger partial charge in [-0.2, -0.15) is 0 Å². The molecule has 5 rings (SSSR count). The molecule has 2 aliphatic heterocycles. The van der Waals surface area contributed by atoms with Crippen LogP contribution in [0.2, 0.25) is 0 Å². The molecule has 0 atom stereocenters. The summed E-state index contributed by atoms with van der Waals surface area (Å²) in [5.41, 5.74) is 4.48. The summed E-state index contributed by atoms with van der Waals surface area (Å²) in [6, 6.07) is 16.4. The highest BCUT2D eigenvalue weighted by molar-refractivity contribution is 5.94. The van der Waals surface area contributed by atoms with E-state index in [4.69, 9.17) is 0 Å². The number of anilines is 1. The molecule has 0 aromatic heterocycles. The molecule has 5 nitrogen and oxygen atoms in total. The van der Waals surface area contributed by atoms with Crippen molar-refractivity contribution in [2.24, 2.45) is 5.92 Å². The van der Waals surface area contributed by atoms with Gasteiger partial charge in [-0.1, -0.05) is 24.3 Å². The van der Waals surface area contributed by atoms with E-state index in [0.29, 0.717) is 18.4 Å². The van der Waals surface area contributed by atoms with Gasteiger partial charge in [0.2, 0.25) is 5.91 Å². The lowest BCUT2D eigenvalue weighted by atomic mass is 9.99. The number of amides is 2. The highest BCUT2D eigenvalue weighted by atomic mass is 16.2. The first-order valence-electron chi connectivity index (χ1n) is 10.7. The molecule has 150 valence electrons. The Labute approximate surface area is 171 Å². The SMILES string of the molecule is O=C(c1ccc(N2CCN(C(=O)C3CC3)CC2)cc1)N1CCc2ccccc2C1. The topological polar surface area (TPSA) is 43.9 Å². The average Bonchev–Trinajstić information content (AvgIpc) is 3.63. The van der Waals surface area contributed by atoms with Gasteiger partial charge in [-0.25, -0.2) is 0 Å². The number of rotatable bonds is 3. The van der Waals surface area contributed by atoms with Crippen molar-refractivity contribution in [3.63, 3.8) is 0 Å². The molecule has 2 amide bonds. The van der Waals surface area contributed by atoms with Crippen LogP contribution in [0.25, 0.3) is 0 Å². The van der Waals surface area contributed by atoms with Crippen LogP contribution in [0.5, 0.6) is 0 Å². The van der Waals surface area contributed by atoms with Crippen LogP contribution in [0, 0.1) is 5.92 Å². The van der Waals surface area contributed by atoms with Gasteiger partial charge in [0.05, 0.1) is 0 Å². The Kier molecular flexibility index (Phi) is 4.74. The summed E-state index contributed by atoms with van der Waals surface area (Å²) in [6.07, 6.45) is 3.05. The zero-order valence-corrected chi connectivity index (χ0v) is 16.7. The van der Waals surface area contributed by atoms with Crippen LogP contribution in [0.15, 0.2) is 48.5 Å². The zero-order valence-electron chi connectivity index (χ0n) is 16.7. The number of hydrogen-bond donors (Lipinski definition) is 0. The van der Waals surface area contributed by atoms with Gasteiger partial charge >= 0.3 is 0 Å². The van der Waals surface area contributed by atoms with Gasteiger partial charge in [0.25, 0.3) is 5.91 Å². The van der Waals surface area contributed by atoms with Crippen molar-refractivity contribution < 1.29 is 9.59 Å². The lowest BCUT2D eigenvalue weighted by molar-refractivity contribution is -0.132. The third kappa shape index (κ3) is 3.74. The number of benzene rings is 2. The van der Waals surface area contributed by atoms with Crippen LogP contribution in [0.3, 0.4) is 0 Å². The van der Waals surface area contributed by atoms with Gasteiger partial charge in [-0.05, 0) is 54.7 Å². The second-order valence-corrected chi connectivity index (χ2v) is 8.38. The number of piperazine rings is 1. The molecule has 29 heavy (non-hydrogen) atoms. The zero-order chi connectivity index (χ0) is 19.8. The summed E-state index contributed by atoms with van der Waals surface area (Å²) >= 11 is 0. The Morgan fingerprint density at radius 3 is 2.14 bits per heavy atom. The van der Waals surface area contributed by atoms with Crippen LogP contribution in [0.1, 0.15) is 34.3 Å². The molecule has 2 aromatic carbocycles. The second-order valence-electron chi connectivity index (χ2n) is 8.38. The summed E-state index contributed by atoms with van der Waals surface area (Å²) in [6.45, 7) is 4.76. The number of carbonyl (C=O) groups is 2. The van der Waals surface area contributed by atoms with Crippen LogP contribution >= 0.6 is 0 Å². The summed E-state index contributed by atoms with van der Waals surface area (Å²) in [5, 5.41) is 0. The maximum absolute atomic E-state index is 13.0. The summed E-state index contributed by atoms with van der Waals surface area (Å²) in [5.74, 6) is 0.744. The molecule has 1 saturated carbocycles. The molecule has 2 aromatic rings. The first-order chi connectivity index (χ1) is 14.2. The largest absolute Gasteiger partial charge is 0.368 e. The molecular formula is C24H27N3O2. The highest BCUT2D eigenvalue weighted by Gasteiger charge is 2.34. The summed E-state index contributed by atoms with van der Waals surface area (Å²) in [7, 11) is 0. The molecule has 1 saturated heterocycles. The minimum Gasteiger partial charge on any atom is -0.368 e. The molecule has 0 N–H and O–H groups in total. The van der Waals surface area contributed by atoms with Gasteiger partial charge in [0.1, 0.15) is 0 Å². The molecular weight excluding hydrogens is 362 g/mol. The minimum atomic E-state index is 0.103. The van der Waals surface area contributed by atoms with Crippen molar-refractivity contribution in [2.45, 2.75) is 25.8 Å². The fourth-order valence-corrected chi connectivity index (χ4v) is 4.44. The first kappa shape index (κ1) is 18.2. The first-order valence-corrected chi connectivity index (χ1v) is 10.7. The van der Waals surface area contributed by atoms with Crippen molar-refractivity contribution in [1.29, 1.82) is 0 Å². The Morgan fingerprint density at radius 1 is 0.759 bits per heavy atom. The van der Waals surface area contributed by atoms with Crippen molar-refractivity contribution in [3.05, 3.63) is 65.2 Å². The predicted octanol–water partition coefficient (Wildman–Crippen LogP) is 2.94. The molecule has 1 aliphatic carbocycles. The van der Waals surface area contributed by atoms with Crippen molar-refractivity contribution in [2.75, 3.05) is 37.6 Å². The molecule has 3 aliphatic rings. The van der Waals surface area contributed by atoms with Crippen LogP contribution in [0.4, 0.5) is 5.69 Å².